The van der Waals surface area contributed by atoms with Gasteiger partial charge >= 0.3 is 6.18 Å². The average Bonchev–Trinajstić information content (AvgIpc) is 2.51. The fraction of sp³-hybridized carbons (Fsp3) is 1.00. The van der Waals surface area contributed by atoms with Crippen molar-refractivity contribution < 1.29 is 18.3 Å². The van der Waals surface area contributed by atoms with E-state index >= 15 is 0 Å². The van der Waals surface area contributed by atoms with Gasteiger partial charge in [-0.2, -0.15) is 13.2 Å². The molecule has 0 saturated heterocycles. The topological polar surface area (TPSA) is 32.3 Å². The average molecular weight is 281 g/mol. The molecule has 0 aromatic carbocycles. The molecule has 2 nitrogen and oxygen atoms in total. The molecular weight excluding hydrogens is 255 g/mol. The van der Waals surface area contributed by atoms with Crippen molar-refractivity contribution in [2.75, 3.05) is 6.54 Å². The van der Waals surface area contributed by atoms with Crippen molar-refractivity contribution in [2.24, 2.45) is 0 Å². The Balaban J connectivity index is 2.19. The number of halogens is 3. The zero-order chi connectivity index (χ0) is 14.4. The van der Waals surface area contributed by atoms with Gasteiger partial charge in [-0.05, 0) is 32.6 Å². The number of aliphatic hydroxyl groups is 1. The summed E-state index contributed by atoms with van der Waals surface area (Å²) in [6.07, 6.45) is 1.90. The quantitative estimate of drug-likeness (QED) is 0.726. The van der Waals surface area contributed by atoms with E-state index in [0.29, 0.717) is 13.0 Å². The van der Waals surface area contributed by atoms with E-state index < -0.39 is 18.2 Å². The zero-order valence-corrected chi connectivity index (χ0v) is 11.7. The Labute approximate surface area is 113 Å². The van der Waals surface area contributed by atoms with Crippen LogP contribution in [0.2, 0.25) is 0 Å². The number of hydrogen-bond acceptors (Lipinski definition) is 2. The van der Waals surface area contributed by atoms with E-state index in [0.717, 1.165) is 25.7 Å². The second kappa shape index (κ2) is 7.48. The summed E-state index contributed by atoms with van der Waals surface area (Å²) in [6.45, 7) is 2.39. The summed E-state index contributed by atoms with van der Waals surface area (Å²) in [6, 6.07) is 0.0228. The van der Waals surface area contributed by atoms with Crippen LogP contribution in [0.4, 0.5) is 13.2 Å². The van der Waals surface area contributed by atoms with E-state index in [1.54, 1.807) is 0 Å². The molecule has 19 heavy (non-hydrogen) atoms. The van der Waals surface area contributed by atoms with Crippen LogP contribution < -0.4 is 5.32 Å². The summed E-state index contributed by atoms with van der Waals surface area (Å²) in [5.41, 5.74) is -0.658. The second-order valence-electron chi connectivity index (χ2n) is 5.93. The highest BCUT2D eigenvalue weighted by atomic mass is 19.4. The van der Waals surface area contributed by atoms with Crippen LogP contribution in [0.15, 0.2) is 0 Å². The second-order valence-corrected chi connectivity index (χ2v) is 5.93. The highest BCUT2D eigenvalue weighted by molar-refractivity contribution is 4.84. The van der Waals surface area contributed by atoms with Crippen LogP contribution in [0.1, 0.15) is 64.7 Å². The van der Waals surface area contributed by atoms with Gasteiger partial charge in [0.25, 0.3) is 0 Å². The van der Waals surface area contributed by atoms with Crippen molar-refractivity contribution in [2.45, 2.75) is 82.5 Å². The third kappa shape index (κ3) is 7.78. The van der Waals surface area contributed by atoms with Gasteiger partial charge < -0.3 is 10.4 Å². The maximum absolute atomic E-state index is 12.0. The first-order valence-corrected chi connectivity index (χ1v) is 7.33. The molecule has 0 aromatic heterocycles. The van der Waals surface area contributed by atoms with Crippen LogP contribution in [0.3, 0.4) is 0 Å². The highest BCUT2D eigenvalue weighted by Crippen LogP contribution is 2.27. The van der Waals surface area contributed by atoms with Gasteiger partial charge in [0.15, 0.2) is 0 Å². The van der Waals surface area contributed by atoms with Crippen LogP contribution in [0, 0.1) is 0 Å². The molecule has 0 aromatic rings. The van der Waals surface area contributed by atoms with E-state index in [2.05, 4.69) is 5.32 Å². The first kappa shape index (κ1) is 16.8. The molecule has 0 amide bonds. The Bertz CT molecular complexity index is 248. The van der Waals surface area contributed by atoms with Gasteiger partial charge in [-0.1, -0.05) is 25.7 Å². The molecule has 0 radical (unpaired) electrons. The summed E-state index contributed by atoms with van der Waals surface area (Å²) in [4.78, 5) is 0. The first-order chi connectivity index (χ1) is 8.81. The molecule has 1 aliphatic rings. The number of rotatable bonds is 6. The molecule has 0 heterocycles. The molecule has 2 N–H and O–H groups in total. The van der Waals surface area contributed by atoms with Gasteiger partial charge in [-0.25, -0.2) is 0 Å². The first-order valence-electron chi connectivity index (χ1n) is 7.33. The lowest BCUT2D eigenvalue weighted by molar-refractivity contribution is -0.135. The maximum Gasteiger partial charge on any atom is 0.389 e. The largest absolute Gasteiger partial charge is 0.389 e. The maximum atomic E-state index is 12.0. The minimum Gasteiger partial charge on any atom is -0.389 e. The predicted octanol–water partition coefficient (Wildman–Crippen LogP) is 3.78. The van der Waals surface area contributed by atoms with Crippen molar-refractivity contribution in [3.63, 3.8) is 0 Å². The summed E-state index contributed by atoms with van der Waals surface area (Å²) < 4.78 is 36.1. The molecule has 1 unspecified atom stereocenters. The van der Waals surface area contributed by atoms with Crippen LogP contribution in [0.25, 0.3) is 0 Å². The summed E-state index contributed by atoms with van der Waals surface area (Å²) in [5, 5.41) is 13.6. The van der Waals surface area contributed by atoms with Crippen molar-refractivity contribution in [1.82, 2.24) is 5.32 Å². The monoisotopic (exact) mass is 281 g/mol. The molecule has 114 valence electrons. The standard InChI is InChI=1S/C14H26F3NO/c1-12(7-6-10-14(15,16)17)18-11-13(19)8-4-2-3-5-9-13/h12,18-19H,2-11H2,1H3. The normalized spacial score (nSPS) is 21.9. The Kier molecular flexibility index (Phi) is 6.60. The minimum absolute atomic E-state index is 0.0228. The molecule has 1 saturated carbocycles. The molecule has 5 heteroatoms. The van der Waals surface area contributed by atoms with Gasteiger partial charge in [-0.15, -0.1) is 0 Å². The third-order valence-electron chi connectivity index (χ3n) is 3.91. The van der Waals surface area contributed by atoms with Crippen molar-refractivity contribution in [1.29, 1.82) is 0 Å². The van der Waals surface area contributed by atoms with Crippen LogP contribution in [0.5, 0.6) is 0 Å². The highest BCUT2D eigenvalue weighted by Gasteiger charge is 2.29. The van der Waals surface area contributed by atoms with E-state index in [9.17, 15) is 18.3 Å². The van der Waals surface area contributed by atoms with Crippen LogP contribution in [-0.4, -0.2) is 29.5 Å². The summed E-state index contributed by atoms with van der Waals surface area (Å²) >= 11 is 0. The van der Waals surface area contributed by atoms with Crippen LogP contribution in [-0.2, 0) is 0 Å². The molecule has 1 fully saturated rings. The third-order valence-corrected chi connectivity index (χ3v) is 3.91. The Morgan fingerprint density at radius 3 is 2.26 bits per heavy atom. The number of hydrogen-bond donors (Lipinski definition) is 2. The molecule has 0 bridgehead atoms. The van der Waals surface area contributed by atoms with Crippen LogP contribution >= 0.6 is 0 Å². The summed E-state index contributed by atoms with van der Waals surface area (Å²) in [5.74, 6) is 0. The van der Waals surface area contributed by atoms with Gasteiger partial charge in [0.05, 0.1) is 5.60 Å². The van der Waals surface area contributed by atoms with E-state index in [-0.39, 0.29) is 12.5 Å². The fourth-order valence-electron chi connectivity index (χ4n) is 2.64. The Morgan fingerprint density at radius 1 is 1.16 bits per heavy atom. The Morgan fingerprint density at radius 2 is 1.74 bits per heavy atom. The molecule has 0 spiro atoms. The smallest absolute Gasteiger partial charge is 0.389 e. The van der Waals surface area contributed by atoms with Crippen molar-refractivity contribution in [3.8, 4) is 0 Å². The van der Waals surface area contributed by atoms with Gasteiger partial charge in [0.2, 0.25) is 0 Å². The van der Waals surface area contributed by atoms with E-state index in [4.69, 9.17) is 0 Å². The minimum atomic E-state index is -4.06. The summed E-state index contributed by atoms with van der Waals surface area (Å²) in [7, 11) is 0. The van der Waals surface area contributed by atoms with Gasteiger partial charge in [0, 0.05) is 19.0 Å². The Hall–Kier alpha value is -0.290. The number of nitrogens with one attached hydrogen (secondary N) is 1. The van der Waals surface area contributed by atoms with E-state index in [1.165, 1.54) is 12.8 Å². The lowest BCUT2D eigenvalue weighted by Gasteiger charge is -2.29. The molecule has 1 rings (SSSR count). The fourth-order valence-corrected chi connectivity index (χ4v) is 2.64. The molecule has 0 aliphatic heterocycles. The van der Waals surface area contributed by atoms with Crippen molar-refractivity contribution in [3.05, 3.63) is 0 Å². The van der Waals surface area contributed by atoms with Gasteiger partial charge in [-0.3, -0.25) is 0 Å². The van der Waals surface area contributed by atoms with Gasteiger partial charge in [0.1, 0.15) is 0 Å². The van der Waals surface area contributed by atoms with Crippen molar-refractivity contribution >= 4 is 0 Å². The lowest BCUT2D eigenvalue weighted by Crippen LogP contribution is -2.43. The predicted molar refractivity (Wildman–Crippen MR) is 70.0 cm³/mol. The molecule has 1 atom stereocenters. The molecular formula is C14H26F3NO. The number of alkyl halides is 3. The van der Waals surface area contributed by atoms with E-state index in [1.807, 2.05) is 6.92 Å². The lowest BCUT2D eigenvalue weighted by atomic mass is 9.94. The molecule has 1 aliphatic carbocycles. The SMILES string of the molecule is CC(CCCC(F)(F)F)NCC1(O)CCCCCC1. The zero-order valence-electron chi connectivity index (χ0n) is 11.7.